The fourth-order valence-electron chi connectivity index (χ4n) is 2.45. The number of nitrogens with two attached hydrogens (primary N) is 1. The van der Waals surface area contributed by atoms with Crippen molar-refractivity contribution in [2.75, 3.05) is 11.9 Å². The molecule has 3 N–H and O–H groups in total. The van der Waals surface area contributed by atoms with Crippen LogP contribution in [0.3, 0.4) is 0 Å². The van der Waals surface area contributed by atoms with Gasteiger partial charge in [0.05, 0.1) is 0 Å². The molecule has 104 valence electrons. The zero-order valence-corrected chi connectivity index (χ0v) is 11.4. The minimum absolute atomic E-state index is 0.0779. The van der Waals surface area contributed by atoms with Crippen molar-refractivity contribution < 1.29 is 4.79 Å². The molecule has 0 atom stereocenters. The Morgan fingerprint density at radius 3 is 3.05 bits per heavy atom. The number of fused-ring (bicyclic) bond motifs is 1. The van der Waals surface area contributed by atoms with Crippen molar-refractivity contribution in [1.29, 1.82) is 0 Å². The highest BCUT2D eigenvalue weighted by Gasteiger charge is 2.17. The van der Waals surface area contributed by atoms with Gasteiger partial charge in [0.25, 0.3) is 0 Å². The molecule has 0 fully saturated rings. The molecule has 6 heteroatoms. The lowest BCUT2D eigenvalue weighted by Gasteiger charge is -2.17. The third kappa shape index (κ3) is 2.30. The quantitative estimate of drug-likeness (QED) is 0.867. The Kier molecular flexibility index (Phi) is 3.23. The molecule has 0 bridgehead atoms. The summed E-state index contributed by atoms with van der Waals surface area (Å²) in [5.41, 5.74) is 8.59. The fourth-order valence-corrected chi connectivity index (χ4v) is 2.45. The molecule has 1 aromatic heterocycles. The third-order valence-corrected chi connectivity index (χ3v) is 3.43. The molecule has 1 aliphatic heterocycles. The Morgan fingerprint density at radius 2 is 2.25 bits per heavy atom. The molecule has 0 aliphatic carbocycles. The molecule has 3 rings (SSSR count). The number of hydrogen-bond acceptors (Lipinski definition) is 4. The monoisotopic (exact) mass is 271 g/mol. The predicted octanol–water partition coefficient (Wildman–Crippen LogP) is 0.868. The molecular formula is C14H17N5O. The number of nitrogens with zero attached hydrogens (tertiary/aromatic N) is 3. The van der Waals surface area contributed by atoms with E-state index in [1.54, 1.807) is 4.68 Å². The maximum absolute atomic E-state index is 11.4. The first-order valence-corrected chi connectivity index (χ1v) is 6.70. The topological polar surface area (TPSA) is 85.8 Å². The van der Waals surface area contributed by atoms with Crippen LogP contribution in [0, 0.1) is 0 Å². The summed E-state index contributed by atoms with van der Waals surface area (Å²) < 4.78 is 1.77. The highest BCUT2D eigenvalue weighted by Crippen LogP contribution is 2.27. The second kappa shape index (κ2) is 5.05. The molecule has 2 heterocycles. The normalized spacial score (nSPS) is 14.0. The number of aromatic nitrogens is 3. The van der Waals surface area contributed by atoms with E-state index in [2.05, 4.69) is 21.5 Å². The molecular weight excluding hydrogens is 254 g/mol. The SMILES string of the molecule is Cn1nc(CCN)nc1-c1ccc2c(c1)CCC(=O)N2. The van der Waals surface area contributed by atoms with E-state index in [0.717, 1.165) is 34.9 Å². The number of anilines is 1. The Morgan fingerprint density at radius 1 is 1.40 bits per heavy atom. The number of hydrogen-bond donors (Lipinski definition) is 2. The Balaban J connectivity index is 1.96. The lowest BCUT2D eigenvalue weighted by Crippen LogP contribution is -2.18. The summed E-state index contributed by atoms with van der Waals surface area (Å²) in [6.45, 7) is 0.541. The van der Waals surface area contributed by atoms with E-state index in [1.807, 2.05) is 19.2 Å². The van der Waals surface area contributed by atoms with Gasteiger partial charge >= 0.3 is 0 Å². The maximum Gasteiger partial charge on any atom is 0.224 e. The molecule has 2 aromatic rings. The van der Waals surface area contributed by atoms with Crippen LogP contribution in [0.15, 0.2) is 18.2 Å². The molecule has 0 saturated heterocycles. The van der Waals surface area contributed by atoms with Crippen LogP contribution < -0.4 is 11.1 Å². The van der Waals surface area contributed by atoms with Gasteiger partial charge in [-0.05, 0) is 36.7 Å². The van der Waals surface area contributed by atoms with Crippen molar-refractivity contribution >= 4 is 11.6 Å². The summed E-state index contributed by atoms with van der Waals surface area (Å²) >= 11 is 0. The van der Waals surface area contributed by atoms with Crippen LogP contribution in [0.25, 0.3) is 11.4 Å². The van der Waals surface area contributed by atoms with Crippen LogP contribution in [0.2, 0.25) is 0 Å². The molecule has 20 heavy (non-hydrogen) atoms. The van der Waals surface area contributed by atoms with Crippen molar-refractivity contribution in [3.8, 4) is 11.4 Å². The van der Waals surface area contributed by atoms with Crippen molar-refractivity contribution in [3.05, 3.63) is 29.6 Å². The summed E-state index contributed by atoms with van der Waals surface area (Å²) in [4.78, 5) is 15.9. The van der Waals surface area contributed by atoms with Gasteiger partial charge in [0, 0.05) is 31.1 Å². The van der Waals surface area contributed by atoms with Crippen LogP contribution in [-0.4, -0.2) is 27.2 Å². The van der Waals surface area contributed by atoms with Gasteiger partial charge in [-0.3, -0.25) is 4.79 Å². The first kappa shape index (κ1) is 12.8. The van der Waals surface area contributed by atoms with Crippen LogP contribution in [0.4, 0.5) is 5.69 Å². The number of benzene rings is 1. The molecule has 1 aliphatic rings. The lowest BCUT2D eigenvalue weighted by molar-refractivity contribution is -0.116. The first-order chi connectivity index (χ1) is 9.67. The lowest BCUT2D eigenvalue weighted by atomic mass is 10.00. The first-order valence-electron chi connectivity index (χ1n) is 6.70. The smallest absolute Gasteiger partial charge is 0.224 e. The number of aryl methyl sites for hydroxylation is 2. The minimum Gasteiger partial charge on any atom is -0.330 e. The molecule has 1 aromatic carbocycles. The summed E-state index contributed by atoms with van der Waals surface area (Å²) in [6, 6.07) is 5.96. The summed E-state index contributed by atoms with van der Waals surface area (Å²) in [7, 11) is 1.88. The zero-order valence-electron chi connectivity index (χ0n) is 11.4. The standard InChI is InChI=1S/C14H17N5O/c1-19-14(17-12(18-19)6-7-15)10-2-4-11-9(8-10)3-5-13(20)16-11/h2,4,8H,3,5-7,15H2,1H3,(H,16,20). The van der Waals surface area contributed by atoms with Gasteiger partial charge in [-0.1, -0.05) is 0 Å². The van der Waals surface area contributed by atoms with Crippen LogP contribution in [0.5, 0.6) is 0 Å². The Hall–Kier alpha value is -2.21. The van der Waals surface area contributed by atoms with E-state index in [-0.39, 0.29) is 5.91 Å². The van der Waals surface area contributed by atoms with E-state index < -0.39 is 0 Å². The summed E-state index contributed by atoms with van der Waals surface area (Å²) in [6.07, 6.45) is 1.98. The summed E-state index contributed by atoms with van der Waals surface area (Å²) in [5.74, 6) is 1.67. The number of carbonyl (C=O) groups is 1. The van der Waals surface area contributed by atoms with Crippen LogP contribution in [0.1, 0.15) is 17.8 Å². The van der Waals surface area contributed by atoms with Gasteiger partial charge in [0.2, 0.25) is 5.91 Å². The molecule has 0 spiro atoms. The van der Waals surface area contributed by atoms with Gasteiger partial charge in [-0.25, -0.2) is 9.67 Å². The van der Waals surface area contributed by atoms with Crippen molar-refractivity contribution in [2.24, 2.45) is 12.8 Å². The highest BCUT2D eigenvalue weighted by molar-refractivity contribution is 5.94. The Labute approximate surface area is 117 Å². The number of nitrogens with one attached hydrogen (secondary N) is 1. The van der Waals surface area contributed by atoms with E-state index in [9.17, 15) is 4.79 Å². The average molecular weight is 271 g/mol. The third-order valence-electron chi connectivity index (χ3n) is 3.43. The molecule has 0 unspecified atom stereocenters. The van der Waals surface area contributed by atoms with Gasteiger partial charge in [0.1, 0.15) is 0 Å². The summed E-state index contributed by atoms with van der Waals surface area (Å²) in [5, 5.41) is 7.24. The molecule has 0 radical (unpaired) electrons. The zero-order chi connectivity index (χ0) is 14.1. The van der Waals surface area contributed by atoms with Crippen LogP contribution in [-0.2, 0) is 24.7 Å². The average Bonchev–Trinajstić information content (AvgIpc) is 2.79. The maximum atomic E-state index is 11.4. The largest absolute Gasteiger partial charge is 0.330 e. The number of carbonyl (C=O) groups excluding carboxylic acids is 1. The second-order valence-electron chi connectivity index (χ2n) is 4.93. The minimum atomic E-state index is 0.0779. The van der Waals surface area contributed by atoms with Gasteiger partial charge in [-0.2, -0.15) is 5.10 Å². The van der Waals surface area contributed by atoms with Gasteiger partial charge in [-0.15, -0.1) is 0 Å². The predicted molar refractivity (Wildman–Crippen MR) is 76.1 cm³/mol. The Bertz CT molecular complexity index is 662. The van der Waals surface area contributed by atoms with Crippen molar-refractivity contribution in [1.82, 2.24) is 14.8 Å². The van der Waals surface area contributed by atoms with Crippen molar-refractivity contribution in [3.63, 3.8) is 0 Å². The van der Waals surface area contributed by atoms with Crippen LogP contribution >= 0.6 is 0 Å². The second-order valence-corrected chi connectivity index (χ2v) is 4.93. The number of rotatable bonds is 3. The molecule has 0 saturated carbocycles. The highest BCUT2D eigenvalue weighted by atomic mass is 16.1. The van der Waals surface area contributed by atoms with E-state index in [0.29, 0.717) is 19.4 Å². The molecule has 6 nitrogen and oxygen atoms in total. The van der Waals surface area contributed by atoms with Crippen molar-refractivity contribution in [2.45, 2.75) is 19.3 Å². The van der Waals surface area contributed by atoms with E-state index >= 15 is 0 Å². The van der Waals surface area contributed by atoms with Gasteiger partial charge in [0.15, 0.2) is 11.6 Å². The fraction of sp³-hybridized carbons (Fsp3) is 0.357. The van der Waals surface area contributed by atoms with E-state index in [1.165, 1.54) is 0 Å². The van der Waals surface area contributed by atoms with E-state index in [4.69, 9.17) is 5.73 Å². The number of amides is 1. The molecule has 1 amide bonds. The van der Waals surface area contributed by atoms with Gasteiger partial charge < -0.3 is 11.1 Å².